The molecule has 20 heavy (non-hydrogen) atoms. The predicted molar refractivity (Wildman–Crippen MR) is 71.9 cm³/mol. The molecular weight excluding hydrogens is 380 g/mol. The molecule has 1 atom stereocenters. The first-order valence-electron chi connectivity index (χ1n) is 5.58. The van der Waals surface area contributed by atoms with Crippen molar-refractivity contribution in [3.05, 3.63) is 18.0 Å². The minimum absolute atomic E-state index is 0. The number of carbonyl (C=O) groups excluding carboxylic acids is 1. The van der Waals surface area contributed by atoms with Crippen LogP contribution in [-0.4, -0.2) is 29.2 Å². The second kappa shape index (κ2) is 9.25. The maximum atomic E-state index is 12.3. The van der Waals surface area contributed by atoms with Gasteiger partial charge in [-0.15, -0.1) is 0 Å². The molecule has 0 spiro atoms. The molecule has 0 aliphatic carbocycles. The van der Waals surface area contributed by atoms with E-state index in [4.69, 9.17) is 9.05 Å². The van der Waals surface area contributed by atoms with Crippen LogP contribution in [-0.2, 0) is 51.1 Å². The summed E-state index contributed by atoms with van der Waals surface area (Å²) in [4.78, 5) is 14.9. The van der Waals surface area contributed by atoms with E-state index in [9.17, 15) is 14.5 Å². The van der Waals surface area contributed by atoms with Crippen LogP contribution in [0.5, 0.6) is 0 Å². The van der Waals surface area contributed by atoms with E-state index in [1.165, 1.54) is 6.20 Å². The van der Waals surface area contributed by atoms with Crippen molar-refractivity contribution in [1.29, 1.82) is 0 Å². The Labute approximate surface area is 146 Å². The molecule has 1 aromatic heterocycles. The molecule has 0 fully saturated rings. The van der Waals surface area contributed by atoms with E-state index in [0.717, 1.165) is 11.3 Å². The molecule has 0 aliphatic rings. The van der Waals surface area contributed by atoms with E-state index in [1.807, 2.05) is 0 Å². The van der Waals surface area contributed by atoms with Crippen molar-refractivity contribution in [3.8, 4) is 0 Å². The van der Waals surface area contributed by atoms with Gasteiger partial charge < -0.3 is 31.2 Å². The third-order valence-electron chi connectivity index (χ3n) is 1.94. The summed E-state index contributed by atoms with van der Waals surface area (Å²) in [6.07, 6.45) is 1.31. The molecule has 0 aliphatic heterocycles. The largest absolute Gasteiger partial charge is 0.375 e. The Morgan fingerprint density at radius 3 is 2.55 bits per heavy atom. The van der Waals surface area contributed by atoms with Crippen LogP contribution in [0.15, 0.2) is 6.20 Å². The number of carbonyl (C=O) groups is 1. The Bertz CT molecular complexity index is 474. The summed E-state index contributed by atoms with van der Waals surface area (Å²) in [5.41, 5.74) is 0. The summed E-state index contributed by atoms with van der Waals surface area (Å²) >= 11 is 0.983. The standard InChI is InChI=1S/C10H16N2O5PS.Y/c1-4-16-18(15,17-5-2)9(14)8-6-11-10(19-8)12-7(3)13;/h6,9,14H,3-5H2,1-2H3,(H,11,12,13);/q-1;. The van der Waals surface area contributed by atoms with Crippen molar-refractivity contribution in [2.45, 2.75) is 19.7 Å². The topological polar surface area (TPSA) is 97.8 Å². The summed E-state index contributed by atoms with van der Waals surface area (Å²) in [7, 11) is -3.66. The Morgan fingerprint density at radius 1 is 1.55 bits per heavy atom. The van der Waals surface area contributed by atoms with Crippen LogP contribution in [0, 0.1) is 6.92 Å². The van der Waals surface area contributed by atoms with Gasteiger partial charge in [-0.2, -0.15) is 0 Å². The maximum absolute atomic E-state index is 12.3. The van der Waals surface area contributed by atoms with E-state index in [1.54, 1.807) is 13.8 Å². The molecule has 0 aromatic carbocycles. The Kier molecular flexibility index (Phi) is 9.34. The van der Waals surface area contributed by atoms with Crippen molar-refractivity contribution in [2.75, 3.05) is 18.5 Å². The predicted octanol–water partition coefficient (Wildman–Crippen LogP) is 2.17. The van der Waals surface area contributed by atoms with Crippen molar-refractivity contribution >= 4 is 30.0 Å². The van der Waals surface area contributed by atoms with E-state index in [2.05, 4.69) is 17.2 Å². The SMILES string of the molecule is [CH2-]C(=O)Nc1ncc(C(O)P(=O)(OCC)OCC)s1.[Y]. The van der Waals surface area contributed by atoms with Crippen LogP contribution in [0.4, 0.5) is 5.13 Å². The third kappa shape index (κ3) is 5.52. The minimum atomic E-state index is -3.66. The van der Waals surface area contributed by atoms with E-state index >= 15 is 0 Å². The molecule has 7 nitrogen and oxygen atoms in total. The molecule has 2 N–H and O–H groups in total. The molecule has 0 bridgehead atoms. The van der Waals surface area contributed by atoms with Crippen LogP contribution in [0.3, 0.4) is 0 Å². The number of thiazole rings is 1. The molecule has 1 rings (SSSR count). The van der Waals surface area contributed by atoms with Gasteiger partial charge in [-0.3, -0.25) is 4.57 Å². The summed E-state index contributed by atoms with van der Waals surface area (Å²) in [6.45, 7) is 6.75. The van der Waals surface area contributed by atoms with Gasteiger partial charge in [0.15, 0.2) is 11.0 Å². The summed E-state index contributed by atoms with van der Waals surface area (Å²) in [6, 6.07) is 0. The van der Waals surface area contributed by atoms with Gasteiger partial charge in [0.05, 0.1) is 24.0 Å². The molecule has 1 unspecified atom stereocenters. The smallest absolute Gasteiger partial charge is 0.364 e. The molecule has 10 heteroatoms. The van der Waals surface area contributed by atoms with Crippen molar-refractivity contribution in [3.63, 3.8) is 0 Å². The number of nitrogens with one attached hydrogen (secondary N) is 1. The van der Waals surface area contributed by atoms with Crippen LogP contribution in [0.25, 0.3) is 0 Å². The number of aromatic nitrogens is 1. The molecule has 1 radical (unpaired) electrons. The molecule has 0 saturated heterocycles. The van der Waals surface area contributed by atoms with Gasteiger partial charge in [0.1, 0.15) is 0 Å². The van der Waals surface area contributed by atoms with Crippen LogP contribution >= 0.6 is 18.9 Å². The average Bonchev–Trinajstić information content (AvgIpc) is 2.76. The van der Waals surface area contributed by atoms with E-state index in [0.29, 0.717) is 0 Å². The maximum Gasteiger partial charge on any atom is 0.364 e. The van der Waals surface area contributed by atoms with Crippen LogP contribution in [0.1, 0.15) is 24.6 Å². The third-order valence-corrected chi connectivity index (χ3v) is 5.20. The van der Waals surface area contributed by atoms with Gasteiger partial charge in [0, 0.05) is 38.9 Å². The van der Waals surface area contributed by atoms with Crippen LogP contribution < -0.4 is 5.32 Å². The van der Waals surface area contributed by atoms with E-state index in [-0.39, 0.29) is 55.9 Å². The summed E-state index contributed by atoms with van der Waals surface area (Å²) in [5, 5.41) is 12.7. The number of anilines is 1. The first-order valence-corrected chi connectivity index (χ1v) is 8.01. The number of hydrogen-bond acceptors (Lipinski definition) is 7. The summed E-state index contributed by atoms with van der Waals surface area (Å²) in [5.74, 6) is -1.95. The molecule has 1 amide bonds. The Hall–Kier alpha value is 0.184. The molecular formula is C10H16N2O5PSY-. The van der Waals surface area contributed by atoms with Crippen molar-refractivity contribution in [2.24, 2.45) is 0 Å². The van der Waals surface area contributed by atoms with Gasteiger partial charge in [0.25, 0.3) is 0 Å². The first kappa shape index (κ1) is 20.2. The van der Waals surface area contributed by atoms with Gasteiger partial charge in [-0.05, 0) is 13.8 Å². The fraction of sp³-hybridized carbons (Fsp3) is 0.500. The number of amides is 1. The zero-order valence-corrected chi connectivity index (χ0v) is 15.8. The van der Waals surface area contributed by atoms with Crippen molar-refractivity contribution in [1.82, 2.24) is 4.98 Å². The molecule has 1 aromatic rings. The fourth-order valence-corrected chi connectivity index (χ4v) is 3.98. The van der Waals surface area contributed by atoms with Gasteiger partial charge >= 0.3 is 7.60 Å². The second-order valence-corrected chi connectivity index (χ2v) is 6.51. The number of aliphatic hydroxyl groups excluding tert-OH is 1. The quantitative estimate of drug-likeness (QED) is 0.542. The van der Waals surface area contributed by atoms with Gasteiger partial charge in [-0.1, -0.05) is 11.3 Å². The van der Waals surface area contributed by atoms with E-state index < -0.39 is 19.3 Å². The molecule has 1 heterocycles. The number of hydrogen-bond donors (Lipinski definition) is 2. The van der Waals surface area contributed by atoms with Gasteiger partial charge in [0.2, 0.25) is 0 Å². The number of rotatable bonds is 7. The first-order chi connectivity index (χ1) is 8.92. The van der Waals surface area contributed by atoms with Gasteiger partial charge in [-0.25, -0.2) is 4.98 Å². The van der Waals surface area contributed by atoms with Crippen molar-refractivity contribution < 1.29 is 56.2 Å². The summed E-state index contributed by atoms with van der Waals surface area (Å²) < 4.78 is 22.4. The normalized spacial score (nSPS) is 12.6. The monoisotopic (exact) mass is 396 g/mol. The zero-order chi connectivity index (χ0) is 14.5. The Balaban J connectivity index is 0.00000361. The number of nitrogens with zero attached hydrogens (tertiary/aromatic N) is 1. The zero-order valence-electron chi connectivity index (χ0n) is 11.2. The fourth-order valence-electron chi connectivity index (χ4n) is 1.28. The number of aliphatic hydroxyl groups is 1. The molecule has 111 valence electrons. The molecule has 0 saturated carbocycles. The second-order valence-electron chi connectivity index (χ2n) is 3.37. The minimum Gasteiger partial charge on any atom is -0.375 e. The average molecular weight is 396 g/mol. The Morgan fingerprint density at radius 2 is 2.10 bits per heavy atom. The van der Waals surface area contributed by atoms with Crippen LogP contribution in [0.2, 0.25) is 0 Å².